The first-order valence-electron chi connectivity index (χ1n) is 19.2. The molecule has 2 N–H and O–H groups in total. The number of halogens is 6. The Labute approximate surface area is 353 Å². The Morgan fingerprint density at radius 3 is 1.48 bits per heavy atom. The first kappa shape index (κ1) is 42.2. The Kier molecular flexibility index (Phi) is 12.0. The number of phenols is 1. The van der Waals surface area contributed by atoms with Gasteiger partial charge in [0.1, 0.15) is 16.9 Å². The van der Waals surface area contributed by atoms with Crippen LogP contribution in [-0.2, 0) is 39.3 Å². The molecule has 0 saturated heterocycles. The highest BCUT2D eigenvalue weighted by Gasteiger charge is 2.36. The quantitative estimate of drug-likeness (QED) is 0.0468. The largest absolute Gasteiger partial charge is 0.504 e. The molecule has 0 spiro atoms. The maximum atomic E-state index is 16.3. The van der Waals surface area contributed by atoms with E-state index in [1.165, 1.54) is 12.4 Å². The first-order chi connectivity index (χ1) is 30.4. The van der Waals surface area contributed by atoms with Crippen LogP contribution in [0.25, 0.3) is 33.4 Å². The third-order valence-electron chi connectivity index (χ3n) is 10.3. The fraction of sp³-hybridized carbons (Fsp3) is 0.130. The van der Waals surface area contributed by atoms with Gasteiger partial charge in [-0.25, -0.2) is 31.1 Å². The van der Waals surface area contributed by atoms with Crippen molar-refractivity contribution in [3.8, 4) is 28.2 Å². The molecular weight excluding hydrogens is 831 g/mol. The van der Waals surface area contributed by atoms with Crippen molar-refractivity contribution >= 4 is 16.9 Å². The van der Waals surface area contributed by atoms with E-state index < -0.39 is 110 Å². The molecule has 0 saturated carbocycles. The minimum atomic E-state index is -2.46. The van der Waals surface area contributed by atoms with Crippen molar-refractivity contribution in [2.45, 2.75) is 39.3 Å². The highest BCUT2D eigenvalue weighted by Crippen LogP contribution is 2.48. The van der Waals surface area contributed by atoms with E-state index in [4.69, 9.17) is 4.42 Å². The van der Waals surface area contributed by atoms with Crippen molar-refractivity contribution in [3.05, 3.63) is 194 Å². The summed E-state index contributed by atoms with van der Waals surface area (Å²) in [7, 11) is 0. The predicted molar refractivity (Wildman–Crippen MR) is 216 cm³/mol. The molecule has 1 aliphatic carbocycles. The molecule has 0 bridgehead atoms. The van der Waals surface area contributed by atoms with E-state index in [0.717, 1.165) is 0 Å². The normalized spacial score (nSPS) is 11.6. The third-order valence-corrected chi connectivity index (χ3v) is 10.3. The number of carbonyl (C=O) groups is 1. The molecule has 6 aromatic rings. The van der Waals surface area contributed by atoms with Gasteiger partial charge in [-0.2, -0.15) is 0 Å². The fourth-order valence-electron chi connectivity index (χ4n) is 7.49. The summed E-state index contributed by atoms with van der Waals surface area (Å²) in [4.78, 5) is 47.5. The van der Waals surface area contributed by atoms with Crippen LogP contribution in [-0.4, -0.2) is 45.9 Å². The molecule has 0 fully saturated rings. The van der Waals surface area contributed by atoms with Gasteiger partial charge in [0.15, 0.2) is 40.7 Å². The summed E-state index contributed by atoms with van der Waals surface area (Å²) in [6.45, 7) is -0.682. The van der Waals surface area contributed by atoms with Crippen molar-refractivity contribution in [1.82, 2.24) is 29.7 Å². The Hall–Kier alpha value is -7.50. The highest BCUT2D eigenvalue weighted by molar-refractivity contribution is 6.09. The molecule has 0 atom stereocenters. The number of benzene rings is 3. The summed E-state index contributed by atoms with van der Waals surface area (Å²) in [6.07, 6.45) is 6.15. The number of aromatic carboxylic acids is 1. The molecule has 4 aromatic heterocycles. The van der Waals surface area contributed by atoms with Crippen LogP contribution in [0.1, 0.15) is 44.3 Å². The van der Waals surface area contributed by atoms with E-state index in [1.807, 2.05) is 0 Å². The monoisotopic (exact) mass is 862 g/mol. The summed E-state index contributed by atoms with van der Waals surface area (Å²) in [5, 5.41) is 21.1. The first-order valence-corrected chi connectivity index (χ1v) is 19.2. The summed E-state index contributed by atoms with van der Waals surface area (Å²) >= 11 is 0. The summed E-state index contributed by atoms with van der Waals surface area (Å²) < 4.78 is 101. The van der Waals surface area contributed by atoms with E-state index >= 15 is 22.0 Å². The van der Waals surface area contributed by atoms with Crippen LogP contribution in [0.2, 0.25) is 0 Å². The molecule has 5 heterocycles. The van der Waals surface area contributed by atoms with Crippen molar-refractivity contribution < 1.29 is 45.8 Å². The number of aromatic hydroxyl groups is 1. The van der Waals surface area contributed by atoms with Crippen LogP contribution in [0.3, 0.4) is 0 Å². The second-order valence-electron chi connectivity index (χ2n) is 14.5. The number of aromatic nitrogens is 4. The van der Waals surface area contributed by atoms with Gasteiger partial charge >= 0.3 is 5.97 Å². The van der Waals surface area contributed by atoms with E-state index in [0.29, 0.717) is 34.9 Å². The molecular formula is C46H32F6N6O5. The number of hydrogen-bond acceptors (Lipinski definition) is 10. The lowest BCUT2D eigenvalue weighted by Crippen LogP contribution is -2.28. The minimum absolute atomic E-state index is 0.0364. The number of hydrogen-bond donors (Lipinski definition) is 2. The SMILES string of the molecule is O=C(O)c1c(F)c(F)c(F)c(F)c1-c1c2cc(F)c(=O)c(CN(Cc3ccccn3)Cc3ccccn3)c-2oc2c(CN(Cc3ccccn3)Cc3ccccn3)c(O)c(F)cc12. The van der Waals surface area contributed by atoms with E-state index in [1.54, 1.807) is 95.0 Å². The number of nitrogens with zero attached hydrogens (tertiary/aromatic N) is 6. The van der Waals surface area contributed by atoms with Crippen LogP contribution in [0.15, 0.2) is 119 Å². The minimum Gasteiger partial charge on any atom is -0.504 e. The van der Waals surface area contributed by atoms with Crippen LogP contribution in [0.4, 0.5) is 26.3 Å². The summed E-state index contributed by atoms with van der Waals surface area (Å²) in [5.41, 5.74) is -5.16. The standard InChI is InChI=1S/C46H32F6N6O5/c47-33-17-29-35(36-37(46(61)62)39(50)41(52)40(51)38(36)49)30-18-34(48)43(60)32(24-58(21-27-11-3-7-15-55-27)22-28-12-4-8-16-56-28)45(30)63-44(29)31(42(33)59)23-57(19-25-9-1-5-13-53-25)20-26-10-2-6-14-54-26/h1-18,59H,19-24H2,(H,61,62). The zero-order chi connectivity index (χ0) is 44.4. The van der Waals surface area contributed by atoms with Gasteiger partial charge in [-0.05, 0) is 60.7 Å². The topological polar surface area (TPSA) is 146 Å². The van der Waals surface area contributed by atoms with Gasteiger partial charge in [0.2, 0.25) is 5.43 Å². The lowest BCUT2D eigenvalue weighted by atomic mass is 9.87. The van der Waals surface area contributed by atoms with E-state index in [-0.39, 0.29) is 31.7 Å². The molecule has 0 unspecified atom stereocenters. The average Bonchev–Trinajstić information content (AvgIpc) is 3.28. The molecule has 0 radical (unpaired) electrons. The Balaban J connectivity index is 1.43. The van der Waals surface area contributed by atoms with Gasteiger partial charge in [0, 0.05) is 86.1 Å². The smallest absolute Gasteiger partial charge is 0.339 e. The molecule has 318 valence electrons. The summed E-state index contributed by atoms with van der Waals surface area (Å²) in [5.74, 6) is -16.1. The number of rotatable bonds is 14. The zero-order valence-corrected chi connectivity index (χ0v) is 32.7. The number of carboxylic acid groups (broad SMARTS) is 1. The van der Waals surface area contributed by atoms with E-state index in [9.17, 15) is 24.2 Å². The lowest BCUT2D eigenvalue weighted by Gasteiger charge is -2.26. The van der Waals surface area contributed by atoms with Crippen molar-refractivity contribution in [1.29, 1.82) is 0 Å². The number of phenolic OH excluding ortho intramolecular Hbond substituents is 1. The zero-order valence-electron chi connectivity index (χ0n) is 32.7. The molecule has 1 aliphatic heterocycles. The van der Waals surface area contributed by atoms with Crippen molar-refractivity contribution in [3.63, 3.8) is 0 Å². The Bertz CT molecular complexity index is 2920. The molecule has 8 rings (SSSR count). The maximum absolute atomic E-state index is 16.3. The summed E-state index contributed by atoms with van der Waals surface area (Å²) in [6, 6.07) is 21.6. The van der Waals surface area contributed by atoms with Gasteiger partial charge in [0.25, 0.3) is 0 Å². The van der Waals surface area contributed by atoms with Gasteiger partial charge in [0.05, 0.1) is 33.9 Å². The predicted octanol–water partition coefficient (Wildman–Crippen LogP) is 8.79. The second-order valence-corrected chi connectivity index (χ2v) is 14.5. The Morgan fingerprint density at radius 2 is 1.03 bits per heavy atom. The van der Waals surface area contributed by atoms with E-state index in [2.05, 4.69) is 19.9 Å². The average molecular weight is 863 g/mol. The second kappa shape index (κ2) is 17.8. The molecule has 2 aromatic carbocycles. The molecule has 2 aliphatic rings. The number of fused-ring (bicyclic) bond motifs is 2. The van der Waals surface area contributed by atoms with Crippen molar-refractivity contribution in [2.75, 3.05) is 0 Å². The number of carboxylic acids is 1. The molecule has 17 heteroatoms. The van der Waals surface area contributed by atoms with Gasteiger partial charge in [-0.1, -0.05) is 24.3 Å². The lowest BCUT2D eigenvalue weighted by molar-refractivity contribution is 0.0690. The van der Waals surface area contributed by atoms with Crippen LogP contribution >= 0.6 is 0 Å². The molecule has 11 nitrogen and oxygen atoms in total. The van der Waals surface area contributed by atoms with Crippen molar-refractivity contribution in [2.24, 2.45) is 0 Å². The van der Waals surface area contributed by atoms with Crippen LogP contribution < -0.4 is 5.43 Å². The maximum Gasteiger partial charge on any atom is 0.339 e. The fourth-order valence-corrected chi connectivity index (χ4v) is 7.49. The molecule has 63 heavy (non-hydrogen) atoms. The van der Waals surface area contributed by atoms with Gasteiger partial charge in [-0.3, -0.25) is 34.5 Å². The van der Waals surface area contributed by atoms with Crippen LogP contribution in [0.5, 0.6) is 5.75 Å². The highest BCUT2D eigenvalue weighted by atomic mass is 19.2. The Morgan fingerprint density at radius 1 is 0.571 bits per heavy atom. The number of pyridine rings is 4. The van der Waals surface area contributed by atoms with Gasteiger partial charge < -0.3 is 14.6 Å². The molecule has 0 amide bonds. The third kappa shape index (κ3) is 8.56. The van der Waals surface area contributed by atoms with Crippen LogP contribution in [0, 0.1) is 34.9 Å². The van der Waals surface area contributed by atoms with Gasteiger partial charge in [-0.15, -0.1) is 0 Å².